The topological polar surface area (TPSA) is 74.0 Å². The van der Waals surface area contributed by atoms with E-state index >= 15 is 0 Å². The molecule has 19 heavy (non-hydrogen) atoms. The summed E-state index contributed by atoms with van der Waals surface area (Å²) < 4.78 is 0. The van der Waals surface area contributed by atoms with Gasteiger partial charge < -0.3 is 15.6 Å². The van der Waals surface area contributed by atoms with E-state index in [2.05, 4.69) is 15.6 Å². The predicted octanol–water partition coefficient (Wildman–Crippen LogP) is 1.69. The third kappa shape index (κ3) is 3.48. The molecule has 0 unspecified atom stereocenters. The third-order valence-corrected chi connectivity index (χ3v) is 2.85. The minimum absolute atomic E-state index is 0.116. The lowest BCUT2D eigenvalue weighted by molar-refractivity contribution is -0.118. The highest BCUT2D eigenvalue weighted by Crippen LogP contribution is 2.19. The molecule has 5 nitrogen and oxygen atoms in total. The van der Waals surface area contributed by atoms with Crippen molar-refractivity contribution in [2.75, 3.05) is 13.1 Å². The number of hydrogen-bond acceptors (Lipinski definition) is 2. The first-order chi connectivity index (χ1) is 9.06. The van der Waals surface area contributed by atoms with Crippen molar-refractivity contribution in [1.29, 1.82) is 0 Å². The third-order valence-electron chi connectivity index (χ3n) is 2.61. The fourth-order valence-electron chi connectivity index (χ4n) is 1.74. The summed E-state index contributed by atoms with van der Waals surface area (Å²) in [4.78, 5) is 25.5. The highest BCUT2D eigenvalue weighted by molar-refractivity contribution is 6.31. The van der Waals surface area contributed by atoms with Gasteiger partial charge in [-0.2, -0.15) is 0 Å². The Morgan fingerprint density at radius 1 is 1.21 bits per heavy atom. The predicted molar refractivity (Wildman–Crippen MR) is 74.3 cm³/mol. The molecule has 2 aromatic rings. The molecule has 2 amide bonds. The molecule has 0 spiro atoms. The maximum atomic E-state index is 11.9. The Kier molecular flexibility index (Phi) is 4.06. The van der Waals surface area contributed by atoms with Crippen molar-refractivity contribution < 1.29 is 9.59 Å². The summed E-state index contributed by atoms with van der Waals surface area (Å²) in [6, 6.07) is 7.13. The second kappa shape index (κ2) is 5.75. The molecule has 0 atom stereocenters. The van der Waals surface area contributed by atoms with E-state index in [0.717, 1.165) is 10.9 Å². The van der Waals surface area contributed by atoms with Gasteiger partial charge >= 0.3 is 0 Å². The van der Waals surface area contributed by atoms with Gasteiger partial charge in [-0.1, -0.05) is 11.6 Å². The molecule has 0 aliphatic rings. The maximum Gasteiger partial charge on any atom is 0.267 e. The van der Waals surface area contributed by atoms with E-state index in [1.807, 2.05) is 6.07 Å². The number of carbonyl (C=O) groups is 2. The number of halogens is 1. The summed E-state index contributed by atoms with van der Waals surface area (Å²) in [6.07, 6.45) is 0. The summed E-state index contributed by atoms with van der Waals surface area (Å²) in [5.41, 5.74) is 1.33. The van der Waals surface area contributed by atoms with Crippen molar-refractivity contribution in [1.82, 2.24) is 15.6 Å². The van der Waals surface area contributed by atoms with Crippen molar-refractivity contribution in [2.45, 2.75) is 6.92 Å². The van der Waals surface area contributed by atoms with Gasteiger partial charge in [0.25, 0.3) is 5.91 Å². The Labute approximate surface area is 115 Å². The van der Waals surface area contributed by atoms with E-state index in [1.165, 1.54) is 6.92 Å². The zero-order valence-corrected chi connectivity index (χ0v) is 11.2. The van der Waals surface area contributed by atoms with Gasteiger partial charge in [-0.25, -0.2) is 0 Å². The standard InChI is InChI=1S/C13H14ClN3O2/c1-8(18)15-4-5-16-13(19)12-7-9-6-10(14)2-3-11(9)17-12/h2-3,6-7,17H,4-5H2,1H3,(H,15,18)(H,16,19). The van der Waals surface area contributed by atoms with E-state index in [-0.39, 0.29) is 11.8 Å². The number of benzene rings is 1. The Morgan fingerprint density at radius 3 is 2.68 bits per heavy atom. The van der Waals surface area contributed by atoms with Gasteiger partial charge in [-0.05, 0) is 24.3 Å². The molecule has 0 fully saturated rings. The minimum Gasteiger partial charge on any atom is -0.355 e. The second-order valence-electron chi connectivity index (χ2n) is 4.15. The molecule has 2 rings (SSSR count). The molecule has 0 aliphatic carbocycles. The highest BCUT2D eigenvalue weighted by atomic mass is 35.5. The summed E-state index contributed by atoms with van der Waals surface area (Å²) in [5.74, 6) is -0.327. The molecule has 100 valence electrons. The summed E-state index contributed by atoms with van der Waals surface area (Å²) in [7, 11) is 0. The Hall–Kier alpha value is -2.01. The smallest absolute Gasteiger partial charge is 0.267 e. The van der Waals surface area contributed by atoms with E-state index < -0.39 is 0 Å². The van der Waals surface area contributed by atoms with Gasteiger partial charge in [0, 0.05) is 35.9 Å². The molecule has 6 heteroatoms. The van der Waals surface area contributed by atoms with Crippen LogP contribution in [0.5, 0.6) is 0 Å². The zero-order valence-electron chi connectivity index (χ0n) is 10.4. The summed E-state index contributed by atoms with van der Waals surface area (Å²) in [6.45, 7) is 2.23. The van der Waals surface area contributed by atoms with Crippen molar-refractivity contribution in [3.63, 3.8) is 0 Å². The maximum absolute atomic E-state index is 11.9. The van der Waals surface area contributed by atoms with Crippen LogP contribution in [0.25, 0.3) is 10.9 Å². The summed E-state index contributed by atoms with van der Waals surface area (Å²) >= 11 is 5.88. The molecule has 1 aromatic heterocycles. The van der Waals surface area contributed by atoms with E-state index in [0.29, 0.717) is 23.8 Å². The fourth-order valence-corrected chi connectivity index (χ4v) is 1.92. The molecule has 1 heterocycles. The lowest BCUT2D eigenvalue weighted by atomic mass is 10.2. The Morgan fingerprint density at radius 2 is 1.95 bits per heavy atom. The van der Waals surface area contributed by atoms with E-state index in [1.54, 1.807) is 18.2 Å². The first-order valence-corrected chi connectivity index (χ1v) is 6.25. The molecule has 3 N–H and O–H groups in total. The Bertz CT molecular complexity index is 621. The molecule has 0 bridgehead atoms. The number of H-pyrrole nitrogens is 1. The first kappa shape index (κ1) is 13.4. The highest BCUT2D eigenvalue weighted by Gasteiger charge is 2.08. The van der Waals surface area contributed by atoms with E-state index in [9.17, 15) is 9.59 Å². The van der Waals surface area contributed by atoms with Crippen molar-refractivity contribution >= 4 is 34.3 Å². The number of carbonyl (C=O) groups excluding carboxylic acids is 2. The molecule has 1 aromatic carbocycles. The van der Waals surface area contributed by atoms with Crippen LogP contribution in [0, 0.1) is 0 Å². The zero-order chi connectivity index (χ0) is 13.8. The minimum atomic E-state index is -0.210. The van der Waals surface area contributed by atoms with Crippen LogP contribution in [-0.4, -0.2) is 29.9 Å². The lowest BCUT2D eigenvalue weighted by Crippen LogP contribution is -2.33. The van der Waals surface area contributed by atoms with E-state index in [4.69, 9.17) is 11.6 Å². The number of nitrogens with one attached hydrogen (secondary N) is 3. The van der Waals surface area contributed by atoms with Crippen molar-refractivity contribution in [3.05, 3.63) is 35.0 Å². The van der Waals surface area contributed by atoms with Gasteiger partial charge in [0.15, 0.2) is 0 Å². The van der Waals surface area contributed by atoms with Crippen LogP contribution in [0.2, 0.25) is 5.02 Å². The van der Waals surface area contributed by atoms with Crippen molar-refractivity contribution in [3.8, 4) is 0 Å². The van der Waals surface area contributed by atoms with Crippen LogP contribution >= 0.6 is 11.6 Å². The summed E-state index contributed by atoms with van der Waals surface area (Å²) in [5, 5.41) is 6.83. The Balaban J connectivity index is 1.99. The fraction of sp³-hybridized carbons (Fsp3) is 0.231. The number of aromatic amines is 1. The lowest BCUT2D eigenvalue weighted by Gasteiger charge is -2.03. The molecular formula is C13H14ClN3O2. The number of amides is 2. The van der Waals surface area contributed by atoms with Crippen LogP contribution in [0.4, 0.5) is 0 Å². The van der Waals surface area contributed by atoms with Crippen LogP contribution < -0.4 is 10.6 Å². The van der Waals surface area contributed by atoms with Gasteiger partial charge in [-0.15, -0.1) is 0 Å². The van der Waals surface area contributed by atoms with Crippen LogP contribution in [0.1, 0.15) is 17.4 Å². The van der Waals surface area contributed by atoms with Crippen molar-refractivity contribution in [2.24, 2.45) is 0 Å². The molecule has 0 aliphatic heterocycles. The van der Waals surface area contributed by atoms with Gasteiger partial charge in [0.1, 0.15) is 5.69 Å². The first-order valence-electron chi connectivity index (χ1n) is 5.87. The van der Waals surface area contributed by atoms with Crippen LogP contribution in [0.3, 0.4) is 0 Å². The number of rotatable bonds is 4. The van der Waals surface area contributed by atoms with Crippen LogP contribution in [-0.2, 0) is 4.79 Å². The number of hydrogen-bond donors (Lipinski definition) is 3. The largest absolute Gasteiger partial charge is 0.355 e. The van der Waals surface area contributed by atoms with Gasteiger partial charge in [0.05, 0.1) is 0 Å². The van der Waals surface area contributed by atoms with Gasteiger partial charge in [0.2, 0.25) is 5.91 Å². The molecule has 0 radical (unpaired) electrons. The molecule has 0 saturated carbocycles. The number of aromatic nitrogens is 1. The number of fused-ring (bicyclic) bond motifs is 1. The van der Waals surface area contributed by atoms with Gasteiger partial charge in [-0.3, -0.25) is 9.59 Å². The molecule has 0 saturated heterocycles. The second-order valence-corrected chi connectivity index (χ2v) is 4.59. The quantitative estimate of drug-likeness (QED) is 0.745. The van der Waals surface area contributed by atoms with Crippen LogP contribution in [0.15, 0.2) is 24.3 Å². The average Bonchev–Trinajstić information content (AvgIpc) is 2.77. The SMILES string of the molecule is CC(=O)NCCNC(=O)c1cc2cc(Cl)ccc2[nH]1. The normalized spacial score (nSPS) is 10.4. The monoisotopic (exact) mass is 279 g/mol. The molecular weight excluding hydrogens is 266 g/mol. The average molecular weight is 280 g/mol.